The number of aliphatic carboxylic acids is 1. The molecule has 0 aliphatic carbocycles. The molecule has 5 nitrogen and oxygen atoms in total. The maximum atomic E-state index is 9.62. The van der Waals surface area contributed by atoms with Crippen LogP contribution in [0.4, 0.5) is 0 Å². The quantitative estimate of drug-likeness (QED) is 0.158. The van der Waals surface area contributed by atoms with Crippen LogP contribution in [0.2, 0.25) is 0 Å². The van der Waals surface area contributed by atoms with E-state index in [-0.39, 0.29) is 59.1 Å². The van der Waals surface area contributed by atoms with Gasteiger partial charge in [0.25, 0.3) is 3.79 Å². The zero-order valence-electron chi connectivity index (χ0n) is 6.33. The summed E-state index contributed by atoms with van der Waals surface area (Å²) in [5.74, 6) is -1.46. The Labute approximate surface area is 128 Å². The number of nitrogens with zero attached hydrogens (tertiary/aromatic N) is 3. The molecule has 0 heterocycles. The van der Waals surface area contributed by atoms with Gasteiger partial charge < -0.3 is 16.2 Å². The first kappa shape index (κ1) is 23.5. The predicted molar refractivity (Wildman–Crippen MR) is 38.0 cm³/mol. The number of hydrogen-bond acceptors (Lipinski definition) is 1. The summed E-state index contributed by atoms with van der Waals surface area (Å²) in [6, 6.07) is 0. The number of carbonyl (C=O) groups is 1. The third-order valence-corrected chi connectivity index (χ3v) is 0.728. The van der Waals surface area contributed by atoms with Crippen molar-refractivity contribution in [3.63, 3.8) is 0 Å². The fraction of sp³-hybridized carbons (Fsp3) is 0.500. The van der Waals surface area contributed by atoms with Gasteiger partial charge in [-0.3, -0.25) is 4.91 Å². The SMILES string of the molecule is O=C(O)C(Cl)(Cl)Cl.[N-]=[N+]=[N-].[Na+].[Na+]. The van der Waals surface area contributed by atoms with Crippen LogP contribution in [0.5, 0.6) is 0 Å². The van der Waals surface area contributed by atoms with Crippen LogP contribution >= 0.6 is 34.8 Å². The van der Waals surface area contributed by atoms with Gasteiger partial charge in [-0.1, -0.05) is 34.8 Å². The third-order valence-electron chi connectivity index (χ3n) is 0.243. The Balaban J connectivity index is -0.0000000569. The van der Waals surface area contributed by atoms with Gasteiger partial charge in [-0.2, -0.15) is 0 Å². The fourth-order valence-corrected chi connectivity index (χ4v) is 0. The van der Waals surface area contributed by atoms with Crippen LogP contribution in [-0.2, 0) is 4.79 Å². The number of alkyl halides is 3. The molecule has 0 saturated carbocycles. The number of halogens is 3. The van der Waals surface area contributed by atoms with Crippen molar-refractivity contribution < 1.29 is 69.0 Å². The molecule has 0 aliphatic rings. The molecule has 12 heavy (non-hydrogen) atoms. The summed E-state index contributed by atoms with van der Waals surface area (Å²) >= 11 is 14.4. The predicted octanol–water partition coefficient (Wildman–Crippen LogP) is -3.68. The van der Waals surface area contributed by atoms with Crippen molar-refractivity contribution in [3.05, 3.63) is 16.0 Å². The van der Waals surface area contributed by atoms with E-state index < -0.39 is 9.76 Å². The number of rotatable bonds is 0. The van der Waals surface area contributed by atoms with Gasteiger partial charge in [-0.15, -0.1) is 0 Å². The maximum Gasteiger partial charge on any atom is 1.00 e. The van der Waals surface area contributed by atoms with E-state index in [2.05, 4.69) is 0 Å². The van der Waals surface area contributed by atoms with E-state index in [0.29, 0.717) is 0 Å². The van der Waals surface area contributed by atoms with E-state index in [1.165, 1.54) is 4.91 Å². The molecule has 0 rings (SSSR count). The molecular weight excluding hydrogens is 250 g/mol. The van der Waals surface area contributed by atoms with Crippen LogP contribution in [0.25, 0.3) is 16.0 Å². The van der Waals surface area contributed by atoms with Gasteiger partial charge >= 0.3 is 65.1 Å². The number of hydrogen-bond donors (Lipinski definition) is 1. The molecule has 0 spiro atoms. The van der Waals surface area contributed by atoms with E-state index in [1.54, 1.807) is 0 Å². The summed E-state index contributed by atoms with van der Waals surface area (Å²) in [6.07, 6.45) is 0. The zero-order valence-corrected chi connectivity index (χ0v) is 12.6. The van der Waals surface area contributed by atoms with Gasteiger partial charge in [-0.05, 0) is 0 Å². The van der Waals surface area contributed by atoms with Gasteiger partial charge in [0.15, 0.2) is 0 Å². The largest absolute Gasteiger partial charge is 1.00 e. The molecule has 0 bridgehead atoms. The molecule has 0 atom stereocenters. The first-order chi connectivity index (χ1) is 4.36. The number of carboxylic acids is 1. The average molecular weight is 251 g/mol. The molecule has 0 saturated heterocycles. The standard InChI is InChI=1S/C2HCl3O2.N3.2Na/c3-2(4,5)1(6)7;1-3-2;;/h(H,6,7);;;/q;-1;2*+1. The first-order valence-corrected chi connectivity index (χ1v) is 2.78. The van der Waals surface area contributed by atoms with Crippen molar-refractivity contribution in [2.75, 3.05) is 0 Å². The fourth-order valence-electron chi connectivity index (χ4n) is 0. The Kier molecular flexibility index (Phi) is 24.7. The van der Waals surface area contributed by atoms with E-state index in [9.17, 15) is 4.79 Å². The second kappa shape index (κ2) is 12.7. The Morgan fingerprint density at radius 2 is 1.33 bits per heavy atom. The van der Waals surface area contributed by atoms with Crippen LogP contribution in [0.3, 0.4) is 0 Å². The summed E-state index contributed by atoms with van der Waals surface area (Å²) < 4.78 is -2.17. The second-order valence-electron chi connectivity index (χ2n) is 0.892. The molecule has 0 fully saturated rings. The van der Waals surface area contributed by atoms with Crippen LogP contribution < -0.4 is 59.1 Å². The Bertz CT molecular complexity index is 154. The summed E-state index contributed by atoms with van der Waals surface area (Å²) in [7, 11) is 0. The smallest absolute Gasteiger partial charge is 0.478 e. The van der Waals surface area contributed by atoms with Crippen LogP contribution in [0.1, 0.15) is 0 Å². The summed E-state index contributed by atoms with van der Waals surface area (Å²) in [4.78, 5) is 11.1. The molecule has 0 aliphatic heterocycles. The van der Waals surface area contributed by atoms with E-state index in [0.717, 1.165) is 0 Å². The molecule has 58 valence electrons. The van der Waals surface area contributed by atoms with Crippen LogP contribution in [0, 0.1) is 0 Å². The van der Waals surface area contributed by atoms with Gasteiger partial charge in [0, 0.05) is 0 Å². The maximum absolute atomic E-state index is 9.62. The molecule has 0 unspecified atom stereocenters. The molecule has 0 aromatic carbocycles. The Morgan fingerprint density at radius 1 is 1.25 bits per heavy atom. The molecule has 0 aromatic rings. The van der Waals surface area contributed by atoms with Gasteiger partial charge in [0.05, 0.1) is 0 Å². The minimum Gasteiger partial charge on any atom is -0.478 e. The molecule has 1 N–H and O–H groups in total. The second-order valence-corrected chi connectivity index (χ2v) is 3.17. The molecule has 0 radical (unpaired) electrons. The average Bonchev–Trinajstić information content (AvgIpc) is 1.64. The molecule has 0 amide bonds. The Hall–Kier alpha value is 1.65. The van der Waals surface area contributed by atoms with Crippen molar-refractivity contribution in [1.82, 2.24) is 0 Å². The molecular formula is C2HCl3N3Na2O2+. The van der Waals surface area contributed by atoms with E-state index >= 15 is 0 Å². The summed E-state index contributed by atoms with van der Waals surface area (Å²) in [5.41, 5.74) is 13.5. The van der Waals surface area contributed by atoms with Crippen molar-refractivity contribution in [2.45, 2.75) is 3.79 Å². The zero-order chi connectivity index (χ0) is 8.78. The topological polar surface area (TPSA) is 96.0 Å². The van der Waals surface area contributed by atoms with Gasteiger partial charge in [0.2, 0.25) is 0 Å². The minimum absolute atomic E-state index is 0. The van der Waals surface area contributed by atoms with Crippen molar-refractivity contribution >= 4 is 40.8 Å². The van der Waals surface area contributed by atoms with Crippen molar-refractivity contribution in [3.8, 4) is 0 Å². The summed E-state index contributed by atoms with van der Waals surface area (Å²) in [5, 5.41) is 7.85. The minimum atomic E-state index is -2.17. The van der Waals surface area contributed by atoms with Crippen molar-refractivity contribution in [1.29, 1.82) is 0 Å². The van der Waals surface area contributed by atoms with Gasteiger partial charge in [0.1, 0.15) is 0 Å². The third kappa shape index (κ3) is 22.6. The van der Waals surface area contributed by atoms with Crippen LogP contribution in [-0.4, -0.2) is 14.9 Å². The van der Waals surface area contributed by atoms with Gasteiger partial charge in [-0.25, -0.2) is 4.79 Å². The van der Waals surface area contributed by atoms with Crippen molar-refractivity contribution in [2.24, 2.45) is 0 Å². The van der Waals surface area contributed by atoms with E-state index in [4.69, 9.17) is 51.0 Å². The van der Waals surface area contributed by atoms with E-state index in [1.807, 2.05) is 0 Å². The first-order valence-electron chi connectivity index (χ1n) is 1.64. The molecule has 10 heteroatoms. The Morgan fingerprint density at radius 3 is 1.33 bits per heavy atom. The number of carboxylic acid groups (broad SMARTS) is 1. The normalized spacial score (nSPS) is 7.25. The van der Waals surface area contributed by atoms with Crippen LogP contribution in [0.15, 0.2) is 0 Å². The molecule has 0 aromatic heterocycles. The monoisotopic (exact) mass is 250 g/mol. The summed E-state index contributed by atoms with van der Waals surface area (Å²) in [6.45, 7) is 0.